The van der Waals surface area contributed by atoms with Crippen molar-refractivity contribution in [2.75, 3.05) is 0 Å². The molecule has 2 rings (SSSR count). The molecule has 21 heavy (non-hydrogen) atoms. The number of hydrogen-bond acceptors (Lipinski definition) is 4. The highest BCUT2D eigenvalue weighted by molar-refractivity contribution is 5.84. The smallest absolute Gasteiger partial charge is 0.357 e. The summed E-state index contributed by atoms with van der Waals surface area (Å²) in [5, 5.41) is 8.83. The fourth-order valence-electron chi connectivity index (χ4n) is 1.90. The summed E-state index contributed by atoms with van der Waals surface area (Å²) in [5.41, 5.74) is 0.866. The Morgan fingerprint density at radius 3 is 2.52 bits per heavy atom. The van der Waals surface area contributed by atoms with Gasteiger partial charge in [0, 0.05) is 12.6 Å². The maximum atomic E-state index is 12.9. The van der Waals surface area contributed by atoms with Crippen LogP contribution in [0, 0.1) is 5.82 Å². The monoisotopic (exact) mass is 292 g/mol. The van der Waals surface area contributed by atoms with Gasteiger partial charge in [-0.1, -0.05) is 12.1 Å². The van der Waals surface area contributed by atoms with Gasteiger partial charge in [-0.25, -0.2) is 14.2 Å². The average Bonchev–Trinajstić information content (AvgIpc) is 2.89. The molecular weight excluding hydrogens is 275 g/mol. The first kappa shape index (κ1) is 15.2. The topological polar surface area (TPSA) is 66.6 Å². The standard InChI is InChI=1S/C15H17FN2O3/c1-10(2)18(7-11-3-5-12(16)6-4-11)8-14-17-13(9-21-14)15(19)20/h3-6,9-10H,7-8H2,1-2H3,(H,19,20). The van der Waals surface area contributed by atoms with E-state index in [2.05, 4.69) is 9.88 Å². The summed E-state index contributed by atoms with van der Waals surface area (Å²) in [5.74, 6) is -1.03. The Balaban J connectivity index is 2.08. The van der Waals surface area contributed by atoms with Crippen molar-refractivity contribution in [1.29, 1.82) is 0 Å². The Kier molecular flexibility index (Phi) is 4.70. The third-order valence-electron chi connectivity index (χ3n) is 3.14. The number of benzene rings is 1. The van der Waals surface area contributed by atoms with Gasteiger partial charge in [-0.3, -0.25) is 4.90 Å². The van der Waals surface area contributed by atoms with Gasteiger partial charge in [0.05, 0.1) is 6.54 Å². The Bertz CT molecular complexity index is 608. The number of nitrogens with zero attached hydrogens (tertiary/aromatic N) is 2. The third-order valence-corrected chi connectivity index (χ3v) is 3.14. The maximum Gasteiger partial charge on any atom is 0.357 e. The Morgan fingerprint density at radius 2 is 2.00 bits per heavy atom. The molecule has 0 aliphatic carbocycles. The zero-order valence-electron chi connectivity index (χ0n) is 11.9. The number of rotatable bonds is 6. The summed E-state index contributed by atoms with van der Waals surface area (Å²) >= 11 is 0. The van der Waals surface area contributed by atoms with Crippen molar-refractivity contribution in [3.05, 3.63) is 53.5 Å². The number of halogens is 1. The second-order valence-corrected chi connectivity index (χ2v) is 5.06. The van der Waals surface area contributed by atoms with Crippen LogP contribution < -0.4 is 0 Å². The lowest BCUT2D eigenvalue weighted by Gasteiger charge is -2.25. The molecule has 0 saturated carbocycles. The van der Waals surface area contributed by atoms with Crippen LogP contribution in [0.2, 0.25) is 0 Å². The SMILES string of the molecule is CC(C)N(Cc1ccc(F)cc1)Cc1nc(C(=O)O)co1. The predicted molar refractivity (Wildman–Crippen MR) is 74.2 cm³/mol. The van der Waals surface area contributed by atoms with Crippen molar-refractivity contribution in [2.45, 2.75) is 33.0 Å². The Morgan fingerprint density at radius 1 is 1.33 bits per heavy atom. The van der Waals surface area contributed by atoms with Gasteiger partial charge in [-0.15, -0.1) is 0 Å². The molecule has 0 bridgehead atoms. The van der Waals surface area contributed by atoms with E-state index in [0.717, 1.165) is 11.8 Å². The van der Waals surface area contributed by atoms with Crippen LogP contribution in [0.1, 0.15) is 35.8 Å². The Labute approximate surface area is 122 Å². The van der Waals surface area contributed by atoms with E-state index in [0.29, 0.717) is 19.0 Å². The van der Waals surface area contributed by atoms with Crippen LogP contribution in [-0.2, 0) is 13.1 Å². The molecule has 0 radical (unpaired) electrons. The molecule has 0 unspecified atom stereocenters. The van der Waals surface area contributed by atoms with E-state index in [1.165, 1.54) is 12.1 Å². The second-order valence-electron chi connectivity index (χ2n) is 5.06. The van der Waals surface area contributed by atoms with Gasteiger partial charge in [0.2, 0.25) is 5.89 Å². The summed E-state index contributed by atoms with van der Waals surface area (Å²) in [6.07, 6.45) is 1.13. The fourth-order valence-corrected chi connectivity index (χ4v) is 1.90. The van der Waals surface area contributed by atoms with Gasteiger partial charge >= 0.3 is 5.97 Å². The molecular formula is C15H17FN2O3. The van der Waals surface area contributed by atoms with Crippen LogP contribution >= 0.6 is 0 Å². The second kappa shape index (κ2) is 6.49. The van der Waals surface area contributed by atoms with Gasteiger partial charge in [-0.05, 0) is 31.5 Å². The number of hydrogen-bond donors (Lipinski definition) is 1. The summed E-state index contributed by atoms with van der Waals surface area (Å²) in [6, 6.07) is 6.49. The summed E-state index contributed by atoms with van der Waals surface area (Å²) < 4.78 is 18.1. The van der Waals surface area contributed by atoms with Crippen LogP contribution in [0.3, 0.4) is 0 Å². The largest absolute Gasteiger partial charge is 0.476 e. The fraction of sp³-hybridized carbons (Fsp3) is 0.333. The average molecular weight is 292 g/mol. The van der Waals surface area contributed by atoms with E-state index in [9.17, 15) is 9.18 Å². The van der Waals surface area contributed by atoms with E-state index in [1.54, 1.807) is 12.1 Å². The number of carboxylic acids is 1. The van der Waals surface area contributed by atoms with Crippen molar-refractivity contribution in [3.63, 3.8) is 0 Å². The van der Waals surface area contributed by atoms with E-state index < -0.39 is 5.97 Å². The van der Waals surface area contributed by atoms with Crippen LogP contribution in [0.4, 0.5) is 4.39 Å². The molecule has 0 aliphatic rings. The first-order chi connectivity index (χ1) is 9.95. The first-order valence-corrected chi connectivity index (χ1v) is 6.62. The van der Waals surface area contributed by atoms with Crippen molar-refractivity contribution >= 4 is 5.97 Å². The van der Waals surface area contributed by atoms with Crippen LogP contribution in [0.25, 0.3) is 0 Å². The van der Waals surface area contributed by atoms with Crippen molar-refractivity contribution < 1.29 is 18.7 Å². The maximum absolute atomic E-state index is 12.9. The molecule has 6 heteroatoms. The highest BCUT2D eigenvalue weighted by Crippen LogP contribution is 2.14. The number of carbonyl (C=O) groups is 1. The molecule has 112 valence electrons. The van der Waals surface area contributed by atoms with Gasteiger partial charge in [0.15, 0.2) is 5.69 Å². The lowest BCUT2D eigenvalue weighted by atomic mass is 10.2. The van der Waals surface area contributed by atoms with Gasteiger partial charge < -0.3 is 9.52 Å². The molecule has 0 saturated heterocycles. The Hall–Kier alpha value is -2.21. The van der Waals surface area contributed by atoms with Crippen molar-refractivity contribution in [3.8, 4) is 0 Å². The van der Waals surface area contributed by atoms with E-state index >= 15 is 0 Å². The highest BCUT2D eigenvalue weighted by atomic mass is 19.1. The molecule has 0 fully saturated rings. The van der Waals surface area contributed by atoms with Crippen molar-refractivity contribution in [2.24, 2.45) is 0 Å². The quantitative estimate of drug-likeness (QED) is 0.886. The molecule has 1 heterocycles. The minimum Gasteiger partial charge on any atom is -0.476 e. The zero-order chi connectivity index (χ0) is 15.4. The minimum absolute atomic E-state index is 0.101. The molecule has 0 aliphatic heterocycles. The number of aromatic carboxylic acids is 1. The normalized spacial score (nSPS) is 11.3. The highest BCUT2D eigenvalue weighted by Gasteiger charge is 2.16. The van der Waals surface area contributed by atoms with Crippen LogP contribution in [0.5, 0.6) is 0 Å². The molecule has 2 aromatic rings. The van der Waals surface area contributed by atoms with Crippen LogP contribution in [0.15, 0.2) is 34.9 Å². The zero-order valence-corrected chi connectivity index (χ0v) is 11.9. The molecule has 1 aromatic carbocycles. The number of oxazole rings is 1. The minimum atomic E-state index is -1.11. The van der Waals surface area contributed by atoms with E-state index in [-0.39, 0.29) is 17.6 Å². The predicted octanol–water partition coefficient (Wildman–Crippen LogP) is 2.92. The van der Waals surface area contributed by atoms with Gasteiger partial charge in [0.1, 0.15) is 12.1 Å². The van der Waals surface area contributed by atoms with E-state index in [4.69, 9.17) is 9.52 Å². The molecule has 5 nitrogen and oxygen atoms in total. The molecule has 0 atom stereocenters. The number of aromatic nitrogens is 1. The summed E-state index contributed by atoms with van der Waals surface area (Å²) in [6.45, 7) is 5.03. The lowest BCUT2D eigenvalue weighted by molar-refractivity contribution is 0.0690. The third kappa shape index (κ3) is 4.13. The first-order valence-electron chi connectivity index (χ1n) is 6.62. The summed E-state index contributed by atoms with van der Waals surface area (Å²) in [7, 11) is 0. The molecule has 0 spiro atoms. The molecule has 1 aromatic heterocycles. The van der Waals surface area contributed by atoms with Crippen LogP contribution in [-0.4, -0.2) is 27.0 Å². The van der Waals surface area contributed by atoms with Gasteiger partial charge in [0.25, 0.3) is 0 Å². The lowest BCUT2D eigenvalue weighted by Crippen LogP contribution is -2.30. The molecule has 1 N–H and O–H groups in total. The summed E-state index contributed by atoms with van der Waals surface area (Å²) in [4.78, 5) is 16.8. The number of carboxylic acid groups (broad SMARTS) is 1. The molecule has 0 amide bonds. The van der Waals surface area contributed by atoms with E-state index in [1.807, 2.05) is 13.8 Å². The van der Waals surface area contributed by atoms with Crippen molar-refractivity contribution in [1.82, 2.24) is 9.88 Å². The van der Waals surface area contributed by atoms with Gasteiger partial charge in [-0.2, -0.15) is 0 Å².